The smallest absolute Gasteiger partial charge is 0.338 e. The fraction of sp³-hybridized carbons (Fsp3) is 0.667. The van der Waals surface area contributed by atoms with Gasteiger partial charge < -0.3 is 14.5 Å². The minimum absolute atomic E-state index is 0.171. The lowest BCUT2D eigenvalue weighted by atomic mass is 10.0. The Balaban J connectivity index is 1.90. The SMILES string of the molecule is C=CC(=O)N1CO[C@]2(CCN(C(=O)N(C)NC(=O)CCC)C2)C1. The summed E-state index contributed by atoms with van der Waals surface area (Å²) in [7, 11) is 1.53. The number of amides is 4. The van der Waals surface area contributed by atoms with Crippen LogP contribution >= 0.6 is 0 Å². The molecule has 23 heavy (non-hydrogen) atoms. The number of hydrazine groups is 1. The Kier molecular flexibility index (Phi) is 5.25. The van der Waals surface area contributed by atoms with Crippen LogP contribution in [0.15, 0.2) is 12.7 Å². The van der Waals surface area contributed by atoms with Crippen LogP contribution in [0, 0.1) is 0 Å². The number of nitrogens with zero attached hydrogens (tertiary/aromatic N) is 3. The molecule has 1 spiro atoms. The zero-order valence-corrected chi connectivity index (χ0v) is 13.7. The zero-order valence-electron chi connectivity index (χ0n) is 13.7. The maximum atomic E-state index is 12.4. The first-order valence-corrected chi connectivity index (χ1v) is 7.78. The summed E-state index contributed by atoms with van der Waals surface area (Å²) in [4.78, 5) is 38.8. The average molecular weight is 324 g/mol. The molecule has 0 aromatic rings. The van der Waals surface area contributed by atoms with E-state index in [4.69, 9.17) is 4.74 Å². The summed E-state index contributed by atoms with van der Waals surface area (Å²) < 4.78 is 5.77. The molecule has 2 aliphatic rings. The first-order chi connectivity index (χ1) is 10.9. The summed E-state index contributed by atoms with van der Waals surface area (Å²) in [6, 6.07) is -0.275. The van der Waals surface area contributed by atoms with Crippen molar-refractivity contribution in [1.82, 2.24) is 20.2 Å². The second-order valence-corrected chi connectivity index (χ2v) is 5.99. The van der Waals surface area contributed by atoms with Gasteiger partial charge in [-0.3, -0.25) is 15.0 Å². The number of carbonyl (C=O) groups is 3. The Morgan fingerprint density at radius 1 is 1.35 bits per heavy atom. The lowest BCUT2D eigenvalue weighted by Crippen LogP contribution is -2.50. The van der Waals surface area contributed by atoms with Crippen molar-refractivity contribution < 1.29 is 19.1 Å². The highest BCUT2D eigenvalue weighted by molar-refractivity contribution is 5.87. The molecular formula is C15H24N4O4. The number of likely N-dealkylation sites (tertiary alicyclic amines) is 1. The van der Waals surface area contributed by atoms with Gasteiger partial charge in [-0.15, -0.1) is 0 Å². The fourth-order valence-electron chi connectivity index (χ4n) is 2.91. The monoisotopic (exact) mass is 324 g/mol. The molecule has 2 saturated heterocycles. The van der Waals surface area contributed by atoms with Crippen LogP contribution in [0.2, 0.25) is 0 Å². The standard InChI is InChI=1S/C15H24N4O4/c1-4-6-12(20)16-17(3)14(22)18-8-7-15(9-18)10-19(11-23-15)13(21)5-2/h5H,2,4,6-11H2,1,3H3,(H,16,20)/t15-/m0/s1. The molecule has 0 aromatic heterocycles. The van der Waals surface area contributed by atoms with Crippen molar-refractivity contribution in [1.29, 1.82) is 0 Å². The molecule has 0 bridgehead atoms. The molecule has 8 heteroatoms. The van der Waals surface area contributed by atoms with Crippen molar-refractivity contribution in [3.8, 4) is 0 Å². The van der Waals surface area contributed by atoms with Gasteiger partial charge in [0, 0.05) is 20.0 Å². The van der Waals surface area contributed by atoms with E-state index >= 15 is 0 Å². The molecule has 2 aliphatic heterocycles. The van der Waals surface area contributed by atoms with Crippen LogP contribution in [-0.4, -0.2) is 71.7 Å². The summed E-state index contributed by atoms with van der Waals surface area (Å²) in [6.45, 7) is 6.98. The predicted molar refractivity (Wildman–Crippen MR) is 83.0 cm³/mol. The second-order valence-electron chi connectivity index (χ2n) is 5.99. The van der Waals surface area contributed by atoms with E-state index in [2.05, 4.69) is 12.0 Å². The van der Waals surface area contributed by atoms with Crippen LogP contribution in [0.25, 0.3) is 0 Å². The molecule has 0 unspecified atom stereocenters. The van der Waals surface area contributed by atoms with Gasteiger partial charge in [0.05, 0.1) is 13.1 Å². The van der Waals surface area contributed by atoms with E-state index < -0.39 is 5.60 Å². The third-order valence-corrected chi connectivity index (χ3v) is 4.14. The first-order valence-electron chi connectivity index (χ1n) is 7.78. The zero-order chi connectivity index (χ0) is 17.0. The van der Waals surface area contributed by atoms with Crippen molar-refractivity contribution in [2.24, 2.45) is 0 Å². The maximum Gasteiger partial charge on any atom is 0.338 e. The van der Waals surface area contributed by atoms with E-state index in [0.717, 1.165) is 6.42 Å². The number of nitrogens with one attached hydrogen (secondary N) is 1. The molecule has 8 nitrogen and oxygen atoms in total. The normalized spacial score (nSPS) is 23.2. The number of hydrogen-bond acceptors (Lipinski definition) is 4. The fourth-order valence-corrected chi connectivity index (χ4v) is 2.91. The number of ether oxygens (including phenoxy) is 1. The van der Waals surface area contributed by atoms with Gasteiger partial charge >= 0.3 is 6.03 Å². The molecule has 0 aromatic carbocycles. The van der Waals surface area contributed by atoms with Crippen molar-refractivity contribution in [2.45, 2.75) is 31.8 Å². The van der Waals surface area contributed by atoms with Crippen LogP contribution in [0.3, 0.4) is 0 Å². The van der Waals surface area contributed by atoms with E-state index in [-0.39, 0.29) is 24.6 Å². The Morgan fingerprint density at radius 2 is 2.04 bits per heavy atom. The average Bonchev–Trinajstić information content (AvgIpc) is 3.13. The molecule has 0 saturated carbocycles. The van der Waals surface area contributed by atoms with E-state index in [1.807, 2.05) is 6.92 Å². The van der Waals surface area contributed by atoms with Crippen molar-refractivity contribution in [3.63, 3.8) is 0 Å². The third kappa shape index (κ3) is 3.82. The topological polar surface area (TPSA) is 82.2 Å². The third-order valence-electron chi connectivity index (χ3n) is 4.14. The van der Waals surface area contributed by atoms with Gasteiger partial charge in [0.25, 0.3) is 0 Å². The predicted octanol–water partition coefficient (Wildman–Crippen LogP) is 0.316. The summed E-state index contributed by atoms with van der Waals surface area (Å²) in [6.07, 6.45) is 3.03. The molecule has 128 valence electrons. The Labute approximate surface area is 136 Å². The van der Waals surface area contributed by atoms with Gasteiger partial charge in [-0.1, -0.05) is 13.5 Å². The van der Waals surface area contributed by atoms with Crippen LogP contribution in [0.5, 0.6) is 0 Å². The van der Waals surface area contributed by atoms with E-state index in [0.29, 0.717) is 32.5 Å². The van der Waals surface area contributed by atoms with Crippen molar-refractivity contribution in [2.75, 3.05) is 33.4 Å². The van der Waals surface area contributed by atoms with Gasteiger partial charge in [0.2, 0.25) is 11.8 Å². The highest BCUT2D eigenvalue weighted by Crippen LogP contribution is 2.31. The quantitative estimate of drug-likeness (QED) is 0.598. The van der Waals surface area contributed by atoms with Crippen LogP contribution in [-0.2, 0) is 14.3 Å². The highest BCUT2D eigenvalue weighted by atomic mass is 16.5. The Bertz CT molecular complexity index is 510. The highest BCUT2D eigenvalue weighted by Gasteiger charge is 2.47. The van der Waals surface area contributed by atoms with Crippen molar-refractivity contribution >= 4 is 17.8 Å². The largest absolute Gasteiger partial charge is 0.351 e. The van der Waals surface area contributed by atoms with E-state index in [9.17, 15) is 14.4 Å². The molecule has 0 radical (unpaired) electrons. The number of rotatable bonds is 3. The van der Waals surface area contributed by atoms with E-state index in [1.54, 1.807) is 9.80 Å². The minimum atomic E-state index is -0.511. The lowest BCUT2D eigenvalue weighted by Gasteiger charge is -2.26. The molecular weight excluding hydrogens is 300 g/mol. The molecule has 0 aliphatic carbocycles. The molecule has 2 heterocycles. The molecule has 2 rings (SSSR count). The first kappa shape index (κ1) is 17.3. The number of hydrogen-bond donors (Lipinski definition) is 1. The minimum Gasteiger partial charge on any atom is -0.351 e. The van der Waals surface area contributed by atoms with Gasteiger partial charge in [-0.2, -0.15) is 0 Å². The molecule has 1 N–H and O–H groups in total. The van der Waals surface area contributed by atoms with Crippen molar-refractivity contribution in [3.05, 3.63) is 12.7 Å². The summed E-state index contributed by atoms with van der Waals surface area (Å²) in [5, 5.41) is 1.21. The van der Waals surface area contributed by atoms with Gasteiger partial charge in [0.1, 0.15) is 12.3 Å². The van der Waals surface area contributed by atoms with Gasteiger partial charge in [-0.25, -0.2) is 9.80 Å². The second kappa shape index (κ2) is 6.99. The summed E-state index contributed by atoms with van der Waals surface area (Å²) in [5.74, 6) is -0.354. The molecule has 4 amide bonds. The molecule has 1 atom stereocenters. The maximum absolute atomic E-state index is 12.4. The van der Waals surface area contributed by atoms with E-state index in [1.165, 1.54) is 18.1 Å². The molecule has 2 fully saturated rings. The van der Waals surface area contributed by atoms with Crippen LogP contribution in [0.1, 0.15) is 26.2 Å². The summed E-state index contributed by atoms with van der Waals surface area (Å²) >= 11 is 0. The van der Waals surface area contributed by atoms with Gasteiger partial charge in [-0.05, 0) is 18.9 Å². The van der Waals surface area contributed by atoms with Crippen LogP contribution < -0.4 is 5.43 Å². The Morgan fingerprint density at radius 3 is 2.70 bits per heavy atom. The van der Waals surface area contributed by atoms with Gasteiger partial charge in [0.15, 0.2) is 0 Å². The van der Waals surface area contributed by atoms with Crippen LogP contribution in [0.4, 0.5) is 4.79 Å². The number of urea groups is 1. The Hall–Kier alpha value is -2.09. The lowest BCUT2D eigenvalue weighted by molar-refractivity contribution is -0.126. The summed E-state index contributed by atoms with van der Waals surface area (Å²) in [5.41, 5.74) is 2.05. The number of carbonyl (C=O) groups excluding carboxylic acids is 3.